The minimum atomic E-state index is -4.72. The Hall–Kier alpha value is -2.85. The predicted octanol–water partition coefficient (Wildman–Crippen LogP) is 3.43. The second kappa shape index (κ2) is 9.52. The number of nitrogens with zero attached hydrogens (tertiary/aromatic N) is 1. The van der Waals surface area contributed by atoms with E-state index < -0.39 is 19.1 Å². The van der Waals surface area contributed by atoms with Crippen LogP contribution in [-0.4, -0.2) is 42.7 Å². The lowest BCUT2D eigenvalue weighted by atomic mass is 10.0. The van der Waals surface area contributed by atoms with Crippen molar-refractivity contribution < 1.29 is 27.4 Å². The number of hydrogen-bond acceptors (Lipinski definition) is 5. The Labute approximate surface area is 177 Å². The quantitative estimate of drug-likeness (QED) is 0.646. The van der Waals surface area contributed by atoms with Crippen LogP contribution in [0.15, 0.2) is 35.3 Å². The molecule has 1 amide bonds. The molecule has 0 bridgehead atoms. The summed E-state index contributed by atoms with van der Waals surface area (Å²) in [6.07, 6.45) is -2.18. The average Bonchev–Trinajstić information content (AvgIpc) is 3.24. The Morgan fingerprint density at radius 1 is 1.26 bits per heavy atom. The first-order valence-electron chi connectivity index (χ1n) is 9.83. The molecule has 10 heteroatoms. The predicted molar refractivity (Wildman–Crippen MR) is 110 cm³/mol. The molecule has 1 saturated heterocycles. The van der Waals surface area contributed by atoms with Crippen molar-refractivity contribution in [3.8, 4) is 11.1 Å². The summed E-state index contributed by atoms with van der Waals surface area (Å²) in [6.45, 7) is 1.50. The number of carbonyl (C=O) groups is 1. The van der Waals surface area contributed by atoms with Crippen molar-refractivity contribution in [1.82, 2.24) is 4.57 Å². The lowest BCUT2D eigenvalue weighted by Crippen LogP contribution is -2.27. The van der Waals surface area contributed by atoms with Gasteiger partial charge in [0.1, 0.15) is 6.10 Å². The highest BCUT2D eigenvalue weighted by atomic mass is 19.4. The fourth-order valence-electron chi connectivity index (χ4n) is 3.36. The average molecular weight is 439 g/mol. The van der Waals surface area contributed by atoms with Gasteiger partial charge in [-0.25, -0.2) is 0 Å². The van der Waals surface area contributed by atoms with Crippen molar-refractivity contribution in [3.63, 3.8) is 0 Å². The summed E-state index contributed by atoms with van der Waals surface area (Å²) in [5.41, 5.74) is 2.77. The lowest BCUT2D eigenvalue weighted by molar-refractivity contribution is -0.322. The Kier molecular flexibility index (Phi) is 7.01. The second-order valence-corrected chi connectivity index (χ2v) is 7.30. The number of hydrogen-bond donors (Lipinski definition) is 2. The molecule has 0 radical (unpaired) electrons. The number of alkyl halides is 3. The summed E-state index contributed by atoms with van der Waals surface area (Å²) < 4.78 is 47.4. The molecule has 1 aromatic carbocycles. The molecule has 0 aliphatic carbocycles. The third kappa shape index (κ3) is 6.08. The smallest absolute Gasteiger partial charge is 0.381 e. The van der Waals surface area contributed by atoms with Crippen molar-refractivity contribution in [1.29, 1.82) is 0 Å². The molecule has 1 aliphatic rings. The van der Waals surface area contributed by atoms with E-state index in [1.54, 1.807) is 44.4 Å². The SMILES string of the molecule is Cc1cc(-c2ccc(NC(=O)[C@@H]3CCCO3)c(NCCOC(F)(F)F)c2)cn(C)c1=O. The van der Waals surface area contributed by atoms with E-state index >= 15 is 0 Å². The van der Waals surface area contributed by atoms with E-state index in [9.17, 15) is 22.8 Å². The molecular weight excluding hydrogens is 415 g/mol. The van der Waals surface area contributed by atoms with E-state index in [2.05, 4.69) is 15.4 Å². The van der Waals surface area contributed by atoms with Crippen LogP contribution in [0.3, 0.4) is 0 Å². The Bertz CT molecular complexity index is 972. The minimum Gasteiger partial charge on any atom is -0.381 e. The Morgan fingerprint density at radius 2 is 2.03 bits per heavy atom. The van der Waals surface area contributed by atoms with Crippen LogP contribution in [0.2, 0.25) is 0 Å². The van der Waals surface area contributed by atoms with Gasteiger partial charge in [-0.1, -0.05) is 6.07 Å². The number of benzene rings is 1. The van der Waals surface area contributed by atoms with Crippen LogP contribution < -0.4 is 16.2 Å². The van der Waals surface area contributed by atoms with Crippen molar-refractivity contribution in [2.24, 2.45) is 7.05 Å². The van der Waals surface area contributed by atoms with E-state index in [-0.39, 0.29) is 18.0 Å². The first kappa shape index (κ1) is 22.8. The van der Waals surface area contributed by atoms with Crippen LogP contribution in [0.25, 0.3) is 11.1 Å². The molecule has 7 nitrogen and oxygen atoms in total. The zero-order chi connectivity index (χ0) is 22.6. The molecule has 0 spiro atoms. The van der Waals surface area contributed by atoms with Gasteiger partial charge in [-0.05, 0) is 49.1 Å². The summed E-state index contributed by atoms with van der Waals surface area (Å²) >= 11 is 0. The summed E-state index contributed by atoms with van der Waals surface area (Å²) in [5, 5.41) is 5.66. The van der Waals surface area contributed by atoms with Gasteiger partial charge < -0.3 is 19.9 Å². The maximum atomic E-state index is 12.4. The number of ether oxygens (including phenoxy) is 2. The molecule has 2 heterocycles. The highest BCUT2D eigenvalue weighted by Gasteiger charge is 2.28. The van der Waals surface area contributed by atoms with Gasteiger partial charge in [-0.2, -0.15) is 0 Å². The number of aromatic nitrogens is 1. The summed E-state index contributed by atoms with van der Waals surface area (Å²) in [5.74, 6) is -0.308. The first-order chi connectivity index (χ1) is 14.6. The van der Waals surface area contributed by atoms with Crippen LogP contribution in [0, 0.1) is 6.92 Å². The molecule has 31 heavy (non-hydrogen) atoms. The standard InChI is InChI=1S/C21H24F3N3O4/c1-13-10-15(12-27(2)20(13)29)14-5-6-16(26-19(28)18-4-3-8-30-18)17(11-14)25-7-9-31-21(22,23)24/h5-6,10-12,18,25H,3-4,7-9H2,1-2H3,(H,26,28)/t18-/m0/s1. The van der Waals surface area contributed by atoms with Crippen molar-refractivity contribution in [2.45, 2.75) is 32.2 Å². The Morgan fingerprint density at radius 3 is 2.68 bits per heavy atom. The van der Waals surface area contributed by atoms with E-state index in [4.69, 9.17) is 4.74 Å². The molecule has 2 aromatic rings. The zero-order valence-corrected chi connectivity index (χ0v) is 17.2. The van der Waals surface area contributed by atoms with Crippen LogP contribution >= 0.6 is 0 Å². The van der Waals surface area contributed by atoms with Gasteiger partial charge in [-0.3, -0.25) is 14.3 Å². The third-order valence-electron chi connectivity index (χ3n) is 4.88. The number of halogens is 3. The van der Waals surface area contributed by atoms with Gasteiger partial charge in [0.2, 0.25) is 0 Å². The molecular formula is C21H24F3N3O4. The summed E-state index contributed by atoms with van der Waals surface area (Å²) in [4.78, 5) is 24.4. The molecule has 168 valence electrons. The van der Waals surface area contributed by atoms with Gasteiger partial charge in [0.15, 0.2) is 0 Å². The molecule has 1 fully saturated rings. The Balaban J connectivity index is 1.85. The van der Waals surface area contributed by atoms with E-state index in [1.165, 1.54) is 4.57 Å². The number of aryl methyl sites for hydroxylation is 2. The number of rotatable bonds is 7. The molecule has 1 atom stereocenters. The van der Waals surface area contributed by atoms with Gasteiger partial charge in [-0.15, -0.1) is 13.2 Å². The van der Waals surface area contributed by atoms with Gasteiger partial charge in [0, 0.05) is 32.0 Å². The molecule has 2 N–H and O–H groups in total. The normalized spacial score (nSPS) is 16.4. The minimum absolute atomic E-state index is 0.119. The summed E-state index contributed by atoms with van der Waals surface area (Å²) in [7, 11) is 1.64. The van der Waals surface area contributed by atoms with Crippen molar-refractivity contribution in [2.75, 3.05) is 30.4 Å². The number of carbonyl (C=O) groups excluding carboxylic acids is 1. The maximum Gasteiger partial charge on any atom is 0.522 e. The molecule has 1 aromatic heterocycles. The number of nitrogens with one attached hydrogen (secondary N) is 2. The van der Waals surface area contributed by atoms with Crippen LogP contribution in [-0.2, 0) is 21.3 Å². The molecule has 0 unspecified atom stereocenters. The van der Waals surface area contributed by atoms with Crippen molar-refractivity contribution >= 4 is 17.3 Å². The van der Waals surface area contributed by atoms with Crippen molar-refractivity contribution in [3.05, 3.63) is 46.4 Å². The largest absolute Gasteiger partial charge is 0.522 e. The van der Waals surface area contributed by atoms with Gasteiger partial charge in [0.05, 0.1) is 18.0 Å². The number of pyridine rings is 1. The summed E-state index contributed by atoms with van der Waals surface area (Å²) in [6, 6.07) is 6.87. The maximum absolute atomic E-state index is 12.4. The van der Waals surface area contributed by atoms with Crippen LogP contribution in [0.4, 0.5) is 24.5 Å². The van der Waals surface area contributed by atoms with E-state index in [0.717, 1.165) is 17.5 Å². The monoisotopic (exact) mass is 439 g/mol. The van der Waals surface area contributed by atoms with Crippen LogP contribution in [0.1, 0.15) is 18.4 Å². The second-order valence-electron chi connectivity index (χ2n) is 7.30. The van der Waals surface area contributed by atoms with Crippen LogP contribution in [0.5, 0.6) is 0 Å². The number of amides is 1. The molecule has 0 saturated carbocycles. The van der Waals surface area contributed by atoms with E-state index in [1.807, 2.05) is 0 Å². The molecule has 3 rings (SSSR count). The highest BCUT2D eigenvalue weighted by molar-refractivity contribution is 5.97. The third-order valence-corrected chi connectivity index (χ3v) is 4.88. The van der Waals surface area contributed by atoms with Gasteiger partial charge >= 0.3 is 6.36 Å². The lowest BCUT2D eigenvalue weighted by Gasteiger charge is -2.17. The highest BCUT2D eigenvalue weighted by Crippen LogP contribution is 2.30. The number of anilines is 2. The van der Waals surface area contributed by atoms with E-state index in [0.29, 0.717) is 30.0 Å². The zero-order valence-electron chi connectivity index (χ0n) is 17.2. The van der Waals surface area contributed by atoms with Gasteiger partial charge in [0.25, 0.3) is 11.5 Å². The first-order valence-corrected chi connectivity index (χ1v) is 9.83. The molecule has 1 aliphatic heterocycles. The fourth-order valence-corrected chi connectivity index (χ4v) is 3.36. The topological polar surface area (TPSA) is 81.6 Å². The fraction of sp³-hybridized carbons (Fsp3) is 0.429.